The molecule has 0 aromatic heterocycles. The number of para-hydroxylation sites is 2. The van der Waals surface area contributed by atoms with E-state index in [1.165, 1.54) is 0 Å². The first-order chi connectivity index (χ1) is 12.6. The molecule has 1 aliphatic heterocycles. The van der Waals surface area contributed by atoms with Gasteiger partial charge in [-0.2, -0.15) is 0 Å². The quantitative estimate of drug-likeness (QED) is 0.779. The molecule has 26 heavy (non-hydrogen) atoms. The van der Waals surface area contributed by atoms with Crippen molar-refractivity contribution in [3.8, 4) is 5.75 Å². The number of carbonyl (C=O) groups is 3. The van der Waals surface area contributed by atoms with Crippen molar-refractivity contribution in [2.45, 2.75) is 25.9 Å². The molecule has 7 heteroatoms. The van der Waals surface area contributed by atoms with E-state index in [9.17, 15) is 14.4 Å². The van der Waals surface area contributed by atoms with Gasteiger partial charge in [-0.15, -0.1) is 0 Å². The number of anilines is 1. The third-order valence-electron chi connectivity index (χ3n) is 5.56. The Bertz CT molecular complexity index is 745. The molecule has 1 amide bonds. The van der Waals surface area contributed by atoms with Gasteiger partial charge in [0, 0.05) is 5.92 Å². The Morgan fingerprint density at radius 3 is 2.88 bits per heavy atom. The van der Waals surface area contributed by atoms with Gasteiger partial charge in [0.15, 0.2) is 6.61 Å². The first-order valence-electron chi connectivity index (χ1n) is 8.97. The van der Waals surface area contributed by atoms with Crippen LogP contribution in [0, 0.1) is 23.7 Å². The summed E-state index contributed by atoms with van der Waals surface area (Å²) < 4.78 is 16.0. The summed E-state index contributed by atoms with van der Waals surface area (Å²) in [4.78, 5) is 36.6. The van der Waals surface area contributed by atoms with Crippen LogP contribution in [0.2, 0.25) is 0 Å². The zero-order valence-electron chi connectivity index (χ0n) is 14.5. The highest BCUT2D eigenvalue weighted by Gasteiger charge is 2.64. The lowest BCUT2D eigenvalue weighted by molar-refractivity contribution is -0.157. The van der Waals surface area contributed by atoms with Crippen LogP contribution >= 0.6 is 0 Å². The maximum atomic E-state index is 12.5. The number of hydrogen-bond donors (Lipinski definition) is 1. The number of amides is 1. The molecule has 2 bridgehead atoms. The van der Waals surface area contributed by atoms with Crippen molar-refractivity contribution in [1.29, 1.82) is 0 Å². The minimum atomic E-state index is -0.479. The zero-order chi connectivity index (χ0) is 18.3. The lowest BCUT2D eigenvalue weighted by Gasteiger charge is -2.22. The van der Waals surface area contributed by atoms with Gasteiger partial charge in [0.25, 0.3) is 5.91 Å². The maximum absolute atomic E-state index is 12.5. The maximum Gasteiger partial charge on any atom is 0.310 e. The second kappa shape index (κ2) is 6.63. The van der Waals surface area contributed by atoms with E-state index in [0.717, 1.165) is 12.8 Å². The highest BCUT2D eigenvalue weighted by Crippen LogP contribution is 2.57. The van der Waals surface area contributed by atoms with E-state index in [4.69, 9.17) is 14.2 Å². The highest BCUT2D eigenvalue weighted by atomic mass is 16.6. The molecular weight excluding hydrogens is 338 g/mol. The van der Waals surface area contributed by atoms with Crippen molar-refractivity contribution >= 4 is 23.5 Å². The van der Waals surface area contributed by atoms with E-state index in [1.54, 1.807) is 18.2 Å². The van der Waals surface area contributed by atoms with Crippen LogP contribution < -0.4 is 10.1 Å². The Balaban J connectivity index is 1.34. The Morgan fingerprint density at radius 2 is 2.08 bits per heavy atom. The van der Waals surface area contributed by atoms with Crippen LogP contribution in [0.5, 0.6) is 5.75 Å². The van der Waals surface area contributed by atoms with E-state index in [0.29, 0.717) is 18.0 Å². The molecule has 3 aliphatic rings. The largest absolute Gasteiger partial charge is 0.492 e. The summed E-state index contributed by atoms with van der Waals surface area (Å²) in [6, 6.07) is 7.06. The summed E-state index contributed by atoms with van der Waals surface area (Å²) in [5.74, 6) is -1.27. The number of carbonyl (C=O) groups excluding carboxylic acids is 3. The molecule has 3 fully saturated rings. The first kappa shape index (κ1) is 16.9. The number of fused-ring (bicyclic) bond motifs is 1. The Kier molecular flexibility index (Phi) is 4.30. The van der Waals surface area contributed by atoms with Gasteiger partial charge >= 0.3 is 11.9 Å². The van der Waals surface area contributed by atoms with Crippen LogP contribution in [0.25, 0.3) is 0 Å². The van der Waals surface area contributed by atoms with E-state index >= 15 is 0 Å². The van der Waals surface area contributed by atoms with Crippen molar-refractivity contribution < 1.29 is 28.6 Å². The van der Waals surface area contributed by atoms with E-state index < -0.39 is 30.3 Å². The second-order valence-electron chi connectivity index (χ2n) is 7.01. The van der Waals surface area contributed by atoms with Gasteiger partial charge < -0.3 is 19.5 Å². The van der Waals surface area contributed by atoms with Crippen LogP contribution in [0.15, 0.2) is 24.3 Å². The summed E-state index contributed by atoms with van der Waals surface area (Å²) in [6.45, 7) is 1.94. The van der Waals surface area contributed by atoms with Crippen molar-refractivity contribution in [3.05, 3.63) is 24.3 Å². The topological polar surface area (TPSA) is 90.9 Å². The molecule has 2 aliphatic carbocycles. The van der Waals surface area contributed by atoms with Crippen molar-refractivity contribution in [1.82, 2.24) is 0 Å². The lowest BCUT2D eigenvalue weighted by atomic mass is 9.80. The van der Waals surface area contributed by atoms with Gasteiger partial charge in [-0.25, -0.2) is 0 Å². The van der Waals surface area contributed by atoms with Crippen LogP contribution in [-0.2, 0) is 23.9 Å². The molecule has 0 unspecified atom stereocenters. The molecule has 0 radical (unpaired) electrons. The third kappa shape index (κ3) is 2.81. The summed E-state index contributed by atoms with van der Waals surface area (Å²) in [7, 11) is 0. The van der Waals surface area contributed by atoms with Crippen molar-refractivity contribution in [2.24, 2.45) is 23.7 Å². The van der Waals surface area contributed by atoms with Crippen LogP contribution in [0.4, 0.5) is 5.69 Å². The molecule has 5 atom stereocenters. The normalized spacial score (nSPS) is 30.8. The zero-order valence-corrected chi connectivity index (χ0v) is 14.5. The van der Waals surface area contributed by atoms with E-state index in [-0.39, 0.29) is 23.9 Å². The number of nitrogens with one attached hydrogen (secondary N) is 1. The van der Waals surface area contributed by atoms with Gasteiger partial charge in [0.1, 0.15) is 11.9 Å². The summed E-state index contributed by atoms with van der Waals surface area (Å²) in [5, 5.41) is 2.68. The molecule has 1 heterocycles. The van der Waals surface area contributed by atoms with Gasteiger partial charge in [-0.05, 0) is 37.8 Å². The fraction of sp³-hybridized carbons (Fsp3) is 0.526. The monoisotopic (exact) mass is 359 g/mol. The summed E-state index contributed by atoms with van der Waals surface area (Å²) >= 11 is 0. The average molecular weight is 359 g/mol. The van der Waals surface area contributed by atoms with Gasteiger partial charge in [-0.3, -0.25) is 14.4 Å². The van der Waals surface area contributed by atoms with Crippen LogP contribution in [-0.4, -0.2) is 37.2 Å². The Morgan fingerprint density at radius 1 is 1.27 bits per heavy atom. The second-order valence-corrected chi connectivity index (χ2v) is 7.01. The molecule has 1 N–H and O–H groups in total. The van der Waals surface area contributed by atoms with Gasteiger partial charge in [-0.1, -0.05) is 12.1 Å². The van der Waals surface area contributed by atoms with E-state index in [2.05, 4.69) is 5.32 Å². The van der Waals surface area contributed by atoms with Crippen molar-refractivity contribution in [2.75, 3.05) is 18.5 Å². The summed E-state index contributed by atoms with van der Waals surface area (Å²) in [5.41, 5.74) is 0.525. The van der Waals surface area contributed by atoms with Gasteiger partial charge in [0.05, 0.1) is 24.1 Å². The average Bonchev–Trinajstić information content (AvgIpc) is 3.24. The van der Waals surface area contributed by atoms with Gasteiger partial charge in [0.2, 0.25) is 0 Å². The molecular formula is C19H21NO6. The smallest absolute Gasteiger partial charge is 0.310 e. The molecule has 4 rings (SSSR count). The molecule has 1 aromatic rings. The van der Waals surface area contributed by atoms with E-state index in [1.807, 2.05) is 13.0 Å². The summed E-state index contributed by atoms with van der Waals surface area (Å²) in [6.07, 6.45) is 1.52. The minimum Gasteiger partial charge on any atom is -0.492 e. The predicted molar refractivity (Wildman–Crippen MR) is 90.3 cm³/mol. The Labute approximate surface area is 151 Å². The molecule has 1 aromatic carbocycles. The van der Waals surface area contributed by atoms with Crippen LogP contribution in [0.1, 0.15) is 19.8 Å². The number of ether oxygens (including phenoxy) is 3. The highest BCUT2D eigenvalue weighted by molar-refractivity contribution is 5.94. The van der Waals surface area contributed by atoms with Crippen molar-refractivity contribution in [3.63, 3.8) is 0 Å². The fourth-order valence-electron chi connectivity index (χ4n) is 4.60. The minimum absolute atomic E-state index is 0.0279. The molecule has 1 saturated heterocycles. The van der Waals surface area contributed by atoms with Crippen LogP contribution in [0.3, 0.4) is 0 Å². The lowest BCUT2D eigenvalue weighted by Crippen LogP contribution is -2.35. The number of esters is 2. The Hall–Kier alpha value is -2.57. The number of benzene rings is 1. The fourth-order valence-corrected chi connectivity index (χ4v) is 4.60. The first-order valence-corrected chi connectivity index (χ1v) is 8.97. The number of rotatable bonds is 6. The molecule has 0 spiro atoms. The molecule has 2 saturated carbocycles. The third-order valence-corrected chi connectivity index (χ3v) is 5.56. The standard InChI is InChI=1S/C19H21NO6/c1-2-24-13-6-4-3-5-12(13)20-15(21)9-25-18(22)16-10-7-11-14(8-10)26-19(23)17(11)16/h3-6,10-11,14,16-17H,2,7-9H2,1H3,(H,20,21)/t10-,11+,14-,16+,17+/m1/s1. The SMILES string of the molecule is CCOc1ccccc1NC(=O)COC(=O)[C@H]1[C@@H]2C[C@@H]3[C@@H]1C(=O)O[C@@H]3C2. The predicted octanol–water partition coefficient (Wildman–Crippen LogP) is 1.76. The number of hydrogen-bond acceptors (Lipinski definition) is 6. The molecule has 138 valence electrons. The molecule has 7 nitrogen and oxygen atoms in total.